The molecular weight excluding hydrogens is 373 g/mol. The number of carbonyl (C=O) groups is 1. The first kappa shape index (κ1) is 20.2. The smallest absolute Gasteiger partial charge is 0.229 e. The molecule has 3 aromatic heterocycles. The maximum absolute atomic E-state index is 12.9. The average molecular weight is 394 g/mol. The normalized spacial score (nSPS) is 16.6. The molecule has 1 amide bonds. The fraction of sp³-hybridized carbons (Fsp3) is 0.278. The second-order valence-corrected chi connectivity index (χ2v) is 5.97. The molecule has 1 atom stereocenters. The molecule has 26 heavy (non-hydrogen) atoms. The fourth-order valence-corrected chi connectivity index (χ4v) is 3.20. The van der Waals surface area contributed by atoms with Gasteiger partial charge < -0.3 is 14.6 Å². The van der Waals surface area contributed by atoms with Gasteiger partial charge in [-0.1, -0.05) is 12.1 Å². The van der Waals surface area contributed by atoms with Crippen molar-refractivity contribution < 1.29 is 4.79 Å². The summed E-state index contributed by atoms with van der Waals surface area (Å²) in [6.07, 6.45) is 7.78. The predicted molar refractivity (Wildman–Crippen MR) is 105 cm³/mol. The van der Waals surface area contributed by atoms with Gasteiger partial charge in [-0.05, 0) is 23.8 Å². The Morgan fingerprint density at radius 1 is 1.23 bits per heavy atom. The van der Waals surface area contributed by atoms with Crippen molar-refractivity contribution in [3.63, 3.8) is 0 Å². The Balaban J connectivity index is 0.00000121. The van der Waals surface area contributed by atoms with Crippen LogP contribution in [-0.4, -0.2) is 44.8 Å². The number of piperazine rings is 1. The zero-order valence-electron chi connectivity index (χ0n) is 14.1. The monoisotopic (exact) mass is 393 g/mol. The second kappa shape index (κ2) is 8.98. The fourth-order valence-electron chi connectivity index (χ4n) is 3.20. The van der Waals surface area contributed by atoms with Crippen LogP contribution in [0.15, 0.2) is 55.1 Å². The van der Waals surface area contributed by atoms with Gasteiger partial charge in [-0.15, -0.1) is 24.8 Å². The number of hydrogen-bond donors (Lipinski definition) is 1. The van der Waals surface area contributed by atoms with Crippen LogP contribution >= 0.6 is 24.8 Å². The molecule has 4 heterocycles. The van der Waals surface area contributed by atoms with E-state index in [1.807, 2.05) is 58.2 Å². The number of nitrogens with one attached hydrogen (secondary N) is 1. The summed E-state index contributed by atoms with van der Waals surface area (Å²) in [7, 11) is 0. The van der Waals surface area contributed by atoms with Crippen molar-refractivity contribution in [1.29, 1.82) is 0 Å². The zero-order valence-corrected chi connectivity index (χ0v) is 15.7. The summed E-state index contributed by atoms with van der Waals surface area (Å²) in [6.45, 7) is 2.27. The molecule has 1 fully saturated rings. The van der Waals surface area contributed by atoms with Crippen molar-refractivity contribution in [2.75, 3.05) is 19.6 Å². The molecule has 0 aliphatic carbocycles. The highest BCUT2D eigenvalue weighted by atomic mass is 35.5. The summed E-state index contributed by atoms with van der Waals surface area (Å²) >= 11 is 0. The predicted octanol–water partition coefficient (Wildman–Crippen LogP) is 2.29. The van der Waals surface area contributed by atoms with Crippen LogP contribution in [0.3, 0.4) is 0 Å². The molecule has 0 spiro atoms. The number of carbonyl (C=O) groups excluding carboxylic acids is 1. The highest BCUT2D eigenvalue weighted by Gasteiger charge is 2.28. The van der Waals surface area contributed by atoms with Gasteiger partial charge in [0.1, 0.15) is 5.65 Å². The Kier molecular flexibility index (Phi) is 6.97. The summed E-state index contributed by atoms with van der Waals surface area (Å²) in [5, 5.41) is 3.36. The number of nitrogens with zero attached hydrogens (tertiary/aromatic N) is 4. The number of imidazole rings is 1. The first-order chi connectivity index (χ1) is 11.8. The van der Waals surface area contributed by atoms with Gasteiger partial charge >= 0.3 is 0 Å². The molecule has 0 saturated carbocycles. The van der Waals surface area contributed by atoms with Crippen molar-refractivity contribution in [3.8, 4) is 0 Å². The van der Waals surface area contributed by atoms with E-state index < -0.39 is 0 Å². The molecule has 1 N–H and O–H groups in total. The Labute approximate surface area is 164 Å². The van der Waals surface area contributed by atoms with E-state index in [4.69, 9.17) is 0 Å². The molecule has 1 unspecified atom stereocenters. The van der Waals surface area contributed by atoms with E-state index in [1.54, 1.807) is 6.20 Å². The Morgan fingerprint density at radius 2 is 2.12 bits per heavy atom. The molecule has 1 aliphatic heterocycles. The summed E-state index contributed by atoms with van der Waals surface area (Å²) < 4.78 is 1.94. The molecule has 3 aromatic rings. The first-order valence-corrected chi connectivity index (χ1v) is 8.14. The SMILES string of the molecule is Cl.Cl.O=C(Cc1cn2ccccc2n1)N1CCNCC1c1cccnc1. The molecule has 1 aliphatic rings. The van der Waals surface area contributed by atoms with Gasteiger partial charge in [0, 0.05) is 44.4 Å². The van der Waals surface area contributed by atoms with Crippen LogP contribution in [0.5, 0.6) is 0 Å². The summed E-state index contributed by atoms with van der Waals surface area (Å²) in [5.41, 5.74) is 2.73. The molecule has 1 saturated heterocycles. The third-order valence-electron chi connectivity index (χ3n) is 4.38. The van der Waals surface area contributed by atoms with Crippen molar-refractivity contribution in [1.82, 2.24) is 24.6 Å². The van der Waals surface area contributed by atoms with E-state index in [0.29, 0.717) is 13.0 Å². The Morgan fingerprint density at radius 3 is 2.88 bits per heavy atom. The number of fused-ring (bicyclic) bond motifs is 1. The number of amides is 1. The maximum atomic E-state index is 12.9. The third-order valence-corrected chi connectivity index (χ3v) is 4.38. The van der Waals surface area contributed by atoms with Crippen molar-refractivity contribution in [2.45, 2.75) is 12.5 Å². The van der Waals surface area contributed by atoms with Gasteiger partial charge in [0.2, 0.25) is 5.91 Å². The van der Waals surface area contributed by atoms with Crippen molar-refractivity contribution in [3.05, 3.63) is 66.4 Å². The number of halogens is 2. The number of aromatic nitrogens is 3. The van der Waals surface area contributed by atoms with Crippen LogP contribution in [0.25, 0.3) is 5.65 Å². The van der Waals surface area contributed by atoms with Crippen LogP contribution in [0, 0.1) is 0 Å². The number of pyridine rings is 2. The minimum absolute atomic E-state index is 0. The highest BCUT2D eigenvalue weighted by molar-refractivity contribution is 5.85. The van der Waals surface area contributed by atoms with E-state index in [9.17, 15) is 4.79 Å². The van der Waals surface area contributed by atoms with Gasteiger partial charge in [0.25, 0.3) is 0 Å². The molecule has 0 aromatic carbocycles. The zero-order chi connectivity index (χ0) is 16.4. The lowest BCUT2D eigenvalue weighted by Gasteiger charge is -2.36. The number of hydrogen-bond acceptors (Lipinski definition) is 4. The largest absolute Gasteiger partial charge is 0.333 e. The van der Waals surface area contributed by atoms with Crippen LogP contribution in [0.4, 0.5) is 0 Å². The van der Waals surface area contributed by atoms with Crippen LogP contribution < -0.4 is 5.32 Å². The minimum atomic E-state index is 0. The molecule has 138 valence electrons. The highest BCUT2D eigenvalue weighted by Crippen LogP contribution is 2.22. The average Bonchev–Trinajstić information content (AvgIpc) is 3.04. The minimum Gasteiger partial charge on any atom is -0.333 e. The van der Waals surface area contributed by atoms with E-state index >= 15 is 0 Å². The standard InChI is InChI=1S/C18H19N5O.2ClH/c24-18(10-15-13-22-8-2-1-5-17(22)21-15)23-9-7-20-12-16(23)14-4-3-6-19-11-14;;/h1-6,8,11,13,16,20H,7,9-10,12H2;2*1H. The lowest BCUT2D eigenvalue weighted by molar-refractivity contribution is -0.133. The number of rotatable bonds is 3. The molecule has 0 radical (unpaired) electrons. The molecule has 8 heteroatoms. The van der Waals surface area contributed by atoms with E-state index in [-0.39, 0.29) is 36.8 Å². The molecule has 6 nitrogen and oxygen atoms in total. The first-order valence-electron chi connectivity index (χ1n) is 8.14. The van der Waals surface area contributed by atoms with E-state index in [1.165, 1.54) is 0 Å². The van der Waals surface area contributed by atoms with Gasteiger partial charge in [0.15, 0.2) is 0 Å². The van der Waals surface area contributed by atoms with Crippen molar-refractivity contribution in [2.24, 2.45) is 0 Å². The van der Waals surface area contributed by atoms with Gasteiger partial charge in [0.05, 0.1) is 18.2 Å². The molecule has 4 rings (SSSR count). The summed E-state index contributed by atoms with van der Waals surface area (Å²) in [4.78, 5) is 23.5. The van der Waals surface area contributed by atoms with Crippen LogP contribution in [-0.2, 0) is 11.2 Å². The lowest BCUT2D eigenvalue weighted by Crippen LogP contribution is -2.49. The maximum Gasteiger partial charge on any atom is 0.229 e. The van der Waals surface area contributed by atoms with Crippen LogP contribution in [0.2, 0.25) is 0 Å². The lowest BCUT2D eigenvalue weighted by atomic mass is 10.0. The quantitative estimate of drug-likeness (QED) is 0.741. The Bertz CT molecular complexity index is 822. The Hall–Kier alpha value is -2.15. The van der Waals surface area contributed by atoms with Gasteiger partial charge in [-0.2, -0.15) is 0 Å². The molecule has 0 bridgehead atoms. The second-order valence-electron chi connectivity index (χ2n) is 5.97. The van der Waals surface area contributed by atoms with Crippen molar-refractivity contribution >= 4 is 36.4 Å². The van der Waals surface area contributed by atoms with Crippen LogP contribution in [0.1, 0.15) is 17.3 Å². The third kappa shape index (κ3) is 4.15. The topological polar surface area (TPSA) is 62.5 Å². The van der Waals surface area contributed by atoms with Gasteiger partial charge in [-0.25, -0.2) is 4.98 Å². The molecular formula is C18H21Cl2N5O. The van der Waals surface area contributed by atoms with E-state index in [0.717, 1.165) is 30.0 Å². The summed E-state index contributed by atoms with van der Waals surface area (Å²) in [5.74, 6) is 0.105. The van der Waals surface area contributed by atoms with E-state index in [2.05, 4.69) is 15.3 Å². The van der Waals surface area contributed by atoms with Gasteiger partial charge in [-0.3, -0.25) is 9.78 Å². The summed E-state index contributed by atoms with van der Waals surface area (Å²) in [6, 6.07) is 9.80.